The van der Waals surface area contributed by atoms with E-state index in [-0.39, 0.29) is 11.8 Å². The van der Waals surface area contributed by atoms with Crippen molar-refractivity contribution in [3.8, 4) is 0 Å². The van der Waals surface area contributed by atoms with Crippen LogP contribution in [0.4, 0.5) is 0 Å². The molecule has 2 nitrogen and oxygen atoms in total. The second kappa shape index (κ2) is 4.03. The van der Waals surface area contributed by atoms with E-state index in [1.807, 2.05) is 19.1 Å². The maximum atomic E-state index is 11.0. The quantitative estimate of drug-likeness (QED) is 0.847. The fraction of sp³-hybridized carbons (Fsp3) is 0.250. The molecule has 1 aromatic heterocycles. The molecule has 2 N–H and O–H groups in total. The van der Waals surface area contributed by atoms with Crippen molar-refractivity contribution in [1.29, 1.82) is 0 Å². The average molecular weight is 219 g/mol. The molecular weight excluding hydrogens is 206 g/mol. The number of benzene rings is 1. The lowest BCUT2D eigenvalue weighted by atomic mass is 10.0. The molecule has 2 aromatic rings. The van der Waals surface area contributed by atoms with Gasteiger partial charge in [-0.2, -0.15) is 0 Å². The highest BCUT2D eigenvalue weighted by Gasteiger charge is 2.12. The average Bonchev–Trinajstić information content (AvgIpc) is 2.62. The van der Waals surface area contributed by atoms with Crippen LogP contribution in [0.25, 0.3) is 10.1 Å². The third-order valence-electron chi connectivity index (χ3n) is 2.57. The van der Waals surface area contributed by atoms with E-state index in [1.54, 1.807) is 11.3 Å². The number of carbonyl (C=O) groups excluding carboxylic acids is 1. The van der Waals surface area contributed by atoms with Crippen LogP contribution < -0.4 is 5.73 Å². The number of hydrogen-bond acceptors (Lipinski definition) is 2. The van der Waals surface area contributed by atoms with Crippen molar-refractivity contribution in [1.82, 2.24) is 0 Å². The van der Waals surface area contributed by atoms with E-state index < -0.39 is 0 Å². The van der Waals surface area contributed by atoms with Crippen LogP contribution in [0.2, 0.25) is 0 Å². The standard InChI is InChI=1S/C12H13NOS/c1-8(12(13)14)6-9-7-15-11-5-3-2-4-10(9)11/h2-5,7-8H,6H2,1H3,(H2,13,14)/t8-/m1/s1. The summed E-state index contributed by atoms with van der Waals surface area (Å²) in [4.78, 5) is 11.0. The first-order valence-corrected chi connectivity index (χ1v) is 5.81. The van der Waals surface area contributed by atoms with Crippen molar-refractivity contribution < 1.29 is 4.79 Å². The summed E-state index contributed by atoms with van der Waals surface area (Å²) < 4.78 is 1.27. The topological polar surface area (TPSA) is 43.1 Å². The van der Waals surface area contributed by atoms with Crippen molar-refractivity contribution in [2.24, 2.45) is 11.7 Å². The molecule has 0 radical (unpaired) electrons. The Labute approximate surface area is 92.7 Å². The molecule has 0 aliphatic heterocycles. The molecule has 78 valence electrons. The van der Waals surface area contributed by atoms with Crippen molar-refractivity contribution in [2.45, 2.75) is 13.3 Å². The predicted octanol–water partition coefficient (Wildman–Crippen LogP) is 2.57. The zero-order chi connectivity index (χ0) is 10.8. The van der Waals surface area contributed by atoms with Gasteiger partial charge in [-0.1, -0.05) is 25.1 Å². The lowest BCUT2D eigenvalue weighted by Gasteiger charge is -2.05. The minimum Gasteiger partial charge on any atom is -0.369 e. The Morgan fingerprint density at radius 1 is 1.47 bits per heavy atom. The van der Waals surface area contributed by atoms with E-state index in [9.17, 15) is 4.79 Å². The highest BCUT2D eigenvalue weighted by atomic mass is 32.1. The van der Waals surface area contributed by atoms with Gasteiger partial charge in [0.1, 0.15) is 0 Å². The van der Waals surface area contributed by atoms with E-state index in [1.165, 1.54) is 15.6 Å². The molecule has 15 heavy (non-hydrogen) atoms. The molecule has 0 unspecified atom stereocenters. The van der Waals surface area contributed by atoms with E-state index in [0.29, 0.717) is 0 Å². The summed E-state index contributed by atoms with van der Waals surface area (Å²) >= 11 is 1.72. The van der Waals surface area contributed by atoms with Gasteiger partial charge in [-0.05, 0) is 28.8 Å². The normalized spacial score (nSPS) is 12.9. The lowest BCUT2D eigenvalue weighted by Crippen LogP contribution is -2.22. The van der Waals surface area contributed by atoms with Crippen LogP contribution in [-0.4, -0.2) is 5.91 Å². The first kappa shape index (κ1) is 10.2. The number of thiophene rings is 1. The smallest absolute Gasteiger partial charge is 0.220 e. The Morgan fingerprint density at radius 2 is 2.20 bits per heavy atom. The van der Waals surface area contributed by atoms with E-state index in [0.717, 1.165) is 6.42 Å². The van der Waals surface area contributed by atoms with Crippen LogP contribution >= 0.6 is 11.3 Å². The van der Waals surface area contributed by atoms with E-state index in [2.05, 4.69) is 17.5 Å². The monoisotopic (exact) mass is 219 g/mol. The zero-order valence-electron chi connectivity index (χ0n) is 8.57. The Hall–Kier alpha value is -1.35. The lowest BCUT2D eigenvalue weighted by molar-refractivity contribution is -0.121. The molecule has 2 rings (SSSR count). The van der Waals surface area contributed by atoms with Gasteiger partial charge in [0.2, 0.25) is 5.91 Å². The number of primary amides is 1. The van der Waals surface area contributed by atoms with Crippen LogP contribution in [0.1, 0.15) is 12.5 Å². The van der Waals surface area contributed by atoms with Gasteiger partial charge in [0.25, 0.3) is 0 Å². The molecule has 1 atom stereocenters. The van der Waals surface area contributed by atoms with Gasteiger partial charge in [0.15, 0.2) is 0 Å². The Kier molecular flexibility index (Phi) is 2.73. The van der Waals surface area contributed by atoms with E-state index in [4.69, 9.17) is 5.73 Å². The Morgan fingerprint density at radius 3 is 2.93 bits per heavy atom. The molecule has 0 fully saturated rings. The molecule has 1 heterocycles. The third kappa shape index (κ3) is 2.02. The van der Waals surface area contributed by atoms with Crippen LogP contribution in [-0.2, 0) is 11.2 Å². The van der Waals surface area contributed by atoms with Gasteiger partial charge in [-0.25, -0.2) is 0 Å². The van der Waals surface area contributed by atoms with Crippen molar-refractivity contribution in [3.05, 3.63) is 35.2 Å². The van der Waals surface area contributed by atoms with Gasteiger partial charge in [0.05, 0.1) is 0 Å². The minimum absolute atomic E-state index is 0.0944. The molecule has 1 amide bonds. The molecule has 0 bridgehead atoms. The number of nitrogens with two attached hydrogens (primary N) is 1. The summed E-state index contributed by atoms with van der Waals surface area (Å²) in [6.45, 7) is 1.87. The van der Waals surface area contributed by atoms with Gasteiger partial charge < -0.3 is 5.73 Å². The fourth-order valence-corrected chi connectivity index (χ4v) is 2.60. The summed E-state index contributed by atoms with van der Waals surface area (Å²) in [6.07, 6.45) is 0.735. The third-order valence-corrected chi connectivity index (χ3v) is 3.59. The van der Waals surface area contributed by atoms with Crippen LogP contribution in [0.5, 0.6) is 0 Å². The molecule has 0 spiro atoms. The SMILES string of the molecule is C[C@H](Cc1csc2ccccc12)C(N)=O. The minimum atomic E-state index is -0.231. The molecule has 0 saturated heterocycles. The highest BCUT2D eigenvalue weighted by Crippen LogP contribution is 2.27. The van der Waals surface area contributed by atoms with Gasteiger partial charge in [-0.15, -0.1) is 11.3 Å². The Bertz CT molecular complexity index is 489. The number of rotatable bonds is 3. The highest BCUT2D eigenvalue weighted by molar-refractivity contribution is 7.17. The molecular formula is C12H13NOS. The number of fused-ring (bicyclic) bond motifs is 1. The van der Waals surface area contributed by atoms with Gasteiger partial charge >= 0.3 is 0 Å². The van der Waals surface area contributed by atoms with Crippen molar-refractivity contribution in [2.75, 3.05) is 0 Å². The van der Waals surface area contributed by atoms with Crippen LogP contribution in [0.15, 0.2) is 29.6 Å². The fourth-order valence-electron chi connectivity index (χ4n) is 1.62. The summed E-state index contributed by atoms with van der Waals surface area (Å²) in [5, 5.41) is 3.36. The Balaban J connectivity index is 2.32. The molecule has 0 aliphatic carbocycles. The summed E-state index contributed by atoms with van der Waals surface area (Å²) in [7, 11) is 0. The van der Waals surface area contributed by atoms with Crippen LogP contribution in [0.3, 0.4) is 0 Å². The van der Waals surface area contributed by atoms with E-state index >= 15 is 0 Å². The molecule has 1 aromatic carbocycles. The zero-order valence-corrected chi connectivity index (χ0v) is 9.38. The largest absolute Gasteiger partial charge is 0.369 e. The second-order valence-corrected chi connectivity index (χ2v) is 4.68. The number of carbonyl (C=O) groups is 1. The molecule has 0 saturated carbocycles. The molecule has 3 heteroatoms. The van der Waals surface area contributed by atoms with Crippen molar-refractivity contribution in [3.63, 3.8) is 0 Å². The first-order valence-electron chi connectivity index (χ1n) is 4.93. The van der Waals surface area contributed by atoms with Gasteiger partial charge in [0, 0.05) is 10.6 Å². The summed E-state index contributed by atoms with van der Waals surface area (Å²) in [5.74, 6) is -0.326. The number of amides is 1. The summed E-state index contributed by atoms with van der Waals surface area (Å²) in [6, 6.07) is 8.24. The maximum Gasteiger partial charge on any atom is 0.220 e. The predicted molar refractivity (Wildman–Crippen MR) is 63.9 cm³/mol. The molecule has 0 aliphatic rings. The number of hydrogen-bond donors (Lipinski definition) is 1. The van der Waals surface area contributed by atoms with Crippen molar-refractivity contribution >= 4 is 27.3 Å². The second-order valence-electron chi connectivity index (χ2n) is 3.76. The summed E-state index contributed by atoms with van der Waals surface area (Å²) in [5.41, 5.74) is 6.49. The first-order chi connectivity index (χ1) is 7.18. The maximum absolute atomic E-state index is 11.0. The van der Waals surface area contributed by atoms with Crippen LogP contribution in [0, 0.1) is 5.92 Å². The van der Waals surface area contributed by atoms with Gasteiger partial charge in [-0.3, -0.25) is 4.79 Å².